The fourth-order valence-electron chi connectivity index (χ4n) is 5.80. The first-order valence-corrected chi connectivity index (χ1v) is 18.0. The number of aromatic carboxylic acids is 1. The number of aromatic hydroxyl groups is 2. The second kappa shape index (κ2) is 19.7. The normalized spacial score (nSPS) is 10.9. The third-order valence-corrected chi connectivity index (χ3v) is 8.89. The maximum absolute atomic E-state index is 13.2. The minimum absolute atomic E-state index is 0.0109. The van der Waals surface area contributed by atoms with Crippen molar-refractivity contribution in [3.63, 3.8) is 0 Å². The Bertz CT molecular complexity index is 2470. The van der Waals surface area contributed by atoms with Gasteiger partial charge in [-0.1, -0.05) is 30.3 Å². The van der Waals surface area contributed by atoms with Gasteiger partial charge in [-0.2, -0.15) is 5.26 Å². The van der Waals surface area contributed by atoms with Gasteiger partial charge in [0.15, 0.2) is 23.0 Å². The highest BCUT2D eigenvalue weighted by Gasteiger charge is 2.25. The average molecular weight is 815 g/mol. The molecule has 5 amide bonds. The predicted octanol–water partition coefficient (Wildman–Crippen LogP) is 5.54. The summed E-state index contributed by atoms with van der Waals surface area (Å²) in [6.45, 7) is 0. The molecule has 0 fully saturated rings. The van der Waals surface area contributed by atoms with E-state index in [-0.39, 0.29) is 64.0 Å². The molecule has 0 aromatic heterocycles. The molecular formula is C43H38N6O11. The van der Waals surface area contributed by atoms with Crippen molar-refractivity contribution in [2.75, 3.05) is 35.5 Å². The Labute approximate surface area is 342 Å². The molecule has 5 rings (SSSR count). The molecule has 0 spiro atoms. The van der Waals surface area contributed by atoms with Gasteiger partial charge >= 0.3 is 5.97 Å². The SMILES string of the molecule is COc1c(NC(=O)c2ccc(NC(=O)c3ccc(NC(=O)C(CC#N)NC(=O)c4ccc(NC(=O)CCc5ccccc5)cc4)cc3)c(OC)c2O)ccc(C(=O)O)c1O. The van der Waals surface area contributed by atoms with Gasteiger partial charge in [0.1, 0.15) is 11.6 Å². The van der Waals surface area contributed by atoms with Gasteiger partial charge in [0.05, 0.1) is 43.6 Å². The zero-order valence-corrected chi connectivity index (χ0v) is 32.1. The number of hydrogen-bond acceptors (Lipinski definition) is 11. The Kier molecular flexibility index (Phi) is 14.0. The number of carboxylic acid groups (broad SMARTS) is 1. The summed E-state index contributed by atoms with van der Waals surface area (Å²) in [7, 11) is 2.36. The molecule has 0 bridgehead atoms. The number of phenols is 2. The van der Waals surface area contributed by atoms with Crippen molar-refractivity contribution < 1.29 is 53.6 Å². The van der Waals surface area contributed by atoms with E-state index < -0.39 is 52.7 Å². The van der Waals surface area contributed by atoms with E-state index in [1.54, 1.807) is 12.1 Å². The number of aryl methyl sites for hydroxylation is 1. The smallest absolute Gasteiger partial charge is 0.339 e. The van der Waals surface area contributed by atoms with Gasteiger partial charge in [-0.15, -0.1) is 0 Å². The summed E-state index contributed by atoms with van der Waals surface area (Å²) in [4.78, 5) is 76.2. The second-order valence-corrected chi connectivity index (χ2v) is 12.9. The molecular weight excluding hydrogens is 777 g/mol. The molecule has 0 aliphatic heterocycles. The maximum atomic E-state index is 13.2. The molecule has 306 valence electrons. The van der Waals surface area contributed by atoms with Gasteiger partial charge in [-0.3, -0.25) is 24.0 Å². The molecule has 17 heteroatoms. The number of anilines is 4. The van der Waals surface area contributed by atoms with Crippen molar-refractivity contribution in [2.24, 2.45) is 0 Å². The van der Waals surface area contributed by atoms with Gasteiger partial charge in [0.25, 0.3) is 17.7 Å². The zero-order chi connectivity index (χ0) is 43.3. The lowest BCUT2D eigenvalue weighted by Crippen LogP contribution is -2.43. The number of carbonyl (C=O) groups excluding carboxylic acids is 5. The molecule has 0 saturated heterocycles. The van der Waals surface area contributed by atoms with Gasteiger partial charge in [-0.05, 0) is 84.8 Å². The quantitative estimate of drug-likeness (QED) is 0.0610. The largest absolute Gasteiger partial charge is 0.504 e. The van der Waals surface area contributed by atoms with Crippen molar-refractivity contribution in [1.29, 1.82) is 5.26 Å². The molecule has 0 radical (unpaired) electrons. The number of benzene rings is 5. The van der Waals surface area contributed by atoms with Crippen LogP contribution in [0.2, 0.25) is 0 Å². The highest BCUT2D eigenvalue weighted by atomic mass is 16.5. The molecule has 5 aromatic rings. The topological polar surface area (TPSA) is 266 Å². The lowest BCUT2D eigenvalue weighted by atomic mass is 10.1. The molecule has 17 nitrogen and oxygen atoms in total. The molecule has 8 N–H and O–H groups in total. The average Bonchev–Trinajstić information content (AvgIpc) is 3.23. The van der Waals surface area contributed by atoms with Crippen molar-refractivity contribution in [3.05, 3.63) is 131 Å². The zero-order valence-electron chi connectivity index (χ0n) is 32.1. The van der Waals surface area contributed by atoms with Crippen molar-refractivity contribution >= 4 is 58.3 Å². The van der Waals surface area contributed by atoms with E-state index in [0.717, 1.165) is 18.7 Å². The molecule has 0 aliphatic rings. The summed E-state index contributed by atoms with van der Waals surface area (Å²) < 4.78 is 10.3. The van der Waals surface area contributed by atoms with Gasteiger partial charge in [0, 0.05) is 28.9 Å². The minimum Gasteiger partial charge on any atom is -0.504 e. The standard InChI is InChI=1S/C43H38N6O11/c1-59-37-31(19-17-29(35(37)51)41(55)48-32-20-18-30(43(57)58)36(52)38(32)60-2)47-39(53)25-11-15-28(16-12-25)46-42(56)33(22-23-44)49-40(54)26-9-13-27(14-10-26)45-34(50)21-8-24-6-4-3-5-7-24/h3-7,9-20,33,51-52H,8,21-22H2,1-2H3,(H,45,50)(H,46,56)(H,47,53)(H,48,55)(H,49,54)(H,57,58). The van der Waals surface area contributed by atoms with Gasteiger partial charge < -0.3 is 51.4 Å². The fourth-order valence-corrected chi connectivity index (χ4v) is 5.80. The van der Waals surface area contributed by atoms with Crippen LogP contribution in [0.3, 0.4) is 0 Å². The molecule has 5 aromatic carbocycles. The van der Waals surface area contributed by atoms with Crippen LogP contribution in [0.5, 0.6) is 23.0 Å². The van der Waals surface area contributed by atoms with Crippen LogP contribution in [0.4, 0.5) is 22.7 Å². The molecule has 0 aliphatic carbocycles. The van der Waals surface area contributed by atoms with Gasteiger partial charge in [-0.25, -0.2) is 4.79 Å². The van der Waals surface area contributed by atoms with E-state index in [4.69, 9.17) is 9.47 Å². The number of hydrogen-bond donors (Lipinski definition) is 8. The Morgan fingerprint density at radius 2 is 1.15 bits per heavy atom. The van der Waals surface area contributed by atoms with E-state index >= 15 is 0 Å². The Morgan fingerprint density at radius 3 is 1.70 bits per heavy atom. The summed E-state index contributed by atoms with van der Waals surface area (Å²) in [5, 5.41) is 52.7. The van der Waals surface area contributed by atoms with Crippen LogP contribution in [0.25, 0.3) is 0 Å². The van der Waals surface area contributed by atoms with Crippen LogP contribution in [0.1, 0.15) is 59.8 Å². The fraction of sp³-hybridized carbons (Fsp3) is 0.140. The van der Waals surface area contributed by atoms with Gasteiger partial charge in [0.2, 0.25) is 11.8 Å². The van der Waals surface area contributed by atoms with Crippen LogP contribution in [0, 0.1) is 11.3 Å². The number of ether oxygens (including phenoxy) is 2. The Balaban J connectivity index is 1.17. The van der Waals surface area contributed by atoms with E-state index in [1.165, 1.54) is 61.7 Å². The van der Waals surface area contributed by atoms with E-state index in [1.807, 2.05) is 36.4 Å². The van der Waals surface area contributed by atoms with Crippen molar-refractivity contribution in [1.82, 2.24) is 5.32 Å². The number of methoxy groups -OCH3 is 2. The lowest BCUT2D eigenvalue weighted by Gasteiger charge is -2.17. The summed E-state index contributed by atoms with van der Waals surface area (Å²) in [5.74, 6) is -6.43. The van der Waals surface area contributed by atoms with Crippen molar-refractivity contribution in [3.8, 4) is 29.1 Å². The summed E-state index contributed by atoms with van der Waals surface area (Å²) in [6.07, 6.45) is 0.497. The predicted molar refractivity (Wildman–Crippen MR) is 219 cm³/mol. The first-order chi connectivity index (χ1) is 28.8. The second-order valence-electron chi connectivity index (χ2n) is 12.9. The van der Waals surface area contributed by atoms with E-state index in [2.05, 4.69) is 26.6 Å². The lowest BCUT2D eigenvalue weighted by molar-refractivity contribution is -0.118. The van der Waals surface area contributed by atoms with Crippen LogP contribution in [-0.2, 0) is 16.0 Å². The number of nitrogens with zero attached hydrogens (tertiary/aromatic N) is 1. The number of rotatable bonds is 16. The minimum atomic E-state index is -1.42. The first kappa shape index (κ1) is 42.7. The van der Waals surface area contributed by atoms with Crippen LogP contribution < -0.4 is 36.1 Å². The van der Waals surface area contributed by atoms with E-state index in [9.17, 15) is 49.3 Å². The first-order valence-electron chi connectivity index (χ1n) is 18.0. The number of carboxylic acids is 1. The van der Waals surface area contributed by atoms with Crippen LogP contribution in [-0.4, -0.2) is 71.1 Å². The number of phenolic OH excluding ortho intramolecular Hbond substituents is 1. The Morgan fingerprint density at radius 1 is 0.633 bits per heavy atom. The maximum Gasteiger partial charge on any atom is 0.339 e. The number of nitriles is 1. The highest BCUT2D eigenvalue weighted by Crippen LogP contribution is 2.40. The summed E-state index contributed by atoms with van der Waals surface area (Å²) in [5.41, 5.74) is 1.21. The van der Waals surface area contributed by atoms with E-state index in [0.29, 0.717) is 12.1 Å². The summed E-state index contributed by atoms with van der Waals surface area (Å²) in [6, 6.07) is 26.6. The molecule has 1 unspecified atom stereocenters. The molecule has 0 heterocycles. The summed E-state index contributed by atoms with van der Waals surface area (Å²) >= 11 is 0. The molecule has 1 atom stereocenters. The van der Waals surface area contributed by atoms with Crippen LogP contribution >= 0.6 is 0 Å². The monoisotopic (exact) mass is 814 g/mol. The number of carbonyl (C=O) groups is 6. The molecule has 0 saturated carbocycles. The number of amides is 5. The van der Waals surface area contributed by atoms with Crippen molar-refractivity contribution in [2.45, 2.75) is 25.3 Å². The highest BCUT2D eigenvalue weighted by molar-refractivity contribution is 6.10. The van der Waals surface area contributed by atoms with Crippen LogP contribution in [0.15, 0.2) is 103 Å². The third kappa shape index (κ3) is 10.5. The third-order valence-electron chi connectivity index (χ3n) is 8.89. The molecule has 60 heavy (non-hydrogen) atoms. The Hall–Kier alpha value is -8.39. The number of nitrogens with one attached hydrogen (secondary N) is 5.